The molecule has 0 spiro atoms. The number of rotatable bonds is 11. The molecule has 17 nitrogen and oxygen atoms in total. The zero-order chi connectivity index (χ0) is 38.3. The van der Waals surface area contributed by atoms with Gasteiger partial charge in [0, 0.05) is 29.8 Å². The molecule has 4 aliphatic heterocycles. The zero-order valence-corrected chi connectivity index (χ0v) is 31.7. The van der Waals surface area contributed by atoms with E-state index in [-0.39, 0.29) is 67.8 Å². The number of hydrogen-bond acceptors (Lipinski definition) is 10. The summed E-state index contributed by atoms with van der Waals surface area (Å²) in [5.41, 5.74) is 0.0352. The first-order chi connectivity index (χ1) is 24.7. The number of carbonyl (C=O) groups excluding carboxylic acids is 2. The Morgan fingerprint density at radius 2 is 1.11 bits per heavy atom. The van der Waals surface area contributed by atoms with Crippen LogP contribution in [0.5, 0.6) is 0 Å². The van der Waals surface area contributed by atoms with Crippen molar-refractivity contribution >= 4 is 23.3 Å². The summed E-state index contributed by atoms with van der Waals surface area (Å²) in [4.78, 5) is 67.5. The quantitative estimate of drug-likeness (QED) is 0.0958. The van der Waals surface area contributed by atoms with Crippen molar-refractivity contribution in [2.45, 2.75) is 80.1 Å². The van der Waals surface area contributed by atoms with Gasteiger partial charge in [0.1, 0.15) is 23.4 Å². The molecule has 0 radical (unpaired) electrons. The Morgan fingerprint density at radius 3 is 1.62 bits per heavy atom. The van der Waals surface area contributed by atoms with Gasteiger partial charge in [-0.25, -0.2) is 0 Å². The number of aromatic nitrogens is 1. The van der Waals surface area contributed by atoms with E-state index < -0.39 is 68.4 Å². The van der Waals surface area contributed by atoms with E-state index in [9.17, 15) is 39.9 Å². The van der Waals surface area contributed by atoms with Crippen LogP contribution < -0.4 is 15.7 Å². The summed E-state index contributed by atoms with van der Waals surface area (Å²) in [5.74, 6) is -1.64. The second-order valence-electron chi connectivity index (χ2n) is 12.1. The van der Waals surface area contributed by atoms with Crippen molar-refractivity contribution in [1.29, 1.82) is 0 Å². The molecule has 5 rings (SSSR count). The van der Waals surface area contributed by atoms with Crippen molar-refractivity contribution in [1.82, 2.24) is 4.98 Å². The van der Waals surface area contributed by atoms with Gasteiger partial charge in [0.05, 0.1) is 75.8 Å². The summed E-state index contributed by atoms with van der Waals surface area (Å²) >= 11 is 0. The van der Waals surface area contributed by atoms with Crippen LogP contribution in [0.15, 0.2) is 56.2 Å². The van der Waals surface area contributed by atoms with Crippen LogP contribution in [0.25, 0.3) is 27.3 Å². The number of nitrogens with zero attached hydrogens (tertiary/aromatic N) is 7. The SMILES string of the molecule is CCC1=C(CC)[C+]2[N-]/C1=c1\[n-]/c(c(CC)c1CC)=C(/[N+](=O)[O-])[C+]1[N-]/C(=C(/[N+](=O)[O-])[C+]3[N-]/C(=C\2[N+](=O)[O-])C(C)=C3CC(=O)OC)C(CC(=O)OC)=C1C.[Ag+]. The Balaban J connectivity index is 0.00000627. The minimum atomic E-state index is -0.842. The summed E-state index contributed by atoms with van der Waals surface area (Å²) in [6.45, 7) is 10.2. The number of carbonyl (C=O) groups is 2. The Morgan fingerprint density at radius 1 is 0.623 bits per heavy atom. The van der Waals surface area contributed by atoms with Crippen LogP contribution >= 0.6 is 0 Å². The average Bonchev–Trinajstić information content (AvgIpc) is 3.82. The fraction of sp³-hybridized carbons (Fsp3) is 0.400. The minimum Gasteiger partial charge on any atom is -0.592 e. The molecule has 18 heteroatoms. The van der Waals surface area contributed by atoms with Gasteiger partial charge in [-0.1, -0.05) is 26.5 Å². The van der Waals surface area contributed by atoms with Crippen molar-refractivity contribution in [2.75, 3.05) is 14.2 Å². The molecular weight excluding hydrogens is 786 g/mol. The van der Waals surface area contributed by atoms with Crippen LogP contribution in [0.2, 0.25) is 0 Å². The van der Waals surface area contributed by atoms with Crippen LogP contribution in [-0.4, -0.2) is 40.9 Å². The van der Waals surface area contributed by atoms with Crippen LogP contribution in [0, 0.1) is 48.5 Å². The molecule has 1 aromatic rings. The van der Waals surface area contributed by atoms with Gasteiger partial charge < -0.3 is 30.4 Å². The molecule has 0 fully saturated rings. The predicted octanol–water partition coefficient (Wildman–Crippen LogP) is 4.88. The molecule has 5 heterocycles. The molecule has 0 saturated carbocycles. The van der Waals surface area contributed by atoms with Gasteiger partial charge in [-0.3, -0.25) is 39.9 Å². The number of esters is 2. The zero-order valence-electron chi connectivity index (χ0n) is 30.3. The van der Waals surface area contributed by atoms with Gasteiger partial charge in [0.15, 0.2) is 0 Å². The van der Waals surface area contributed by atoms with E-state index in [1.165, 1.54) is 13.8 Å². The molecule has 4 aliphatic rings. The fourth-order valence-corrected chi connectivity index (χ4v) is 7.11. The standard InChI is InChI=1S/C35H36N7O10.Ag/c1-9-17-19(11-3)29-33(40(45)46)25-15(5)21(13-23(43)51-7)31(36-25)35(42(49)50)32-22(14-24(44)52-8)16(6)26(37-32)34(41(47)48)30-20(12-4)18(10-2)28(39-30)27(17)38-29;/h9-14H2,1-8H3;/q-1;+1/b28-27-,33-25+,34-30+,35-32+;. The van der Waals surface area contributed by atoms with Gasteiger partial charge in [0.25, 0.3) is 0 Å². The maximum Gasteiger partial charge on any atom is 1.00 e. The van der Waals surface area contributed by atoms with Crippen LogP contribution in [-0.2, 0) is 54.3 Å². The monoisotopic (exact) mass is 821 g/mol. The molecule has 8 bridgehead atoms. The Bertz CT molecular complexity index is 2110. The van der Waals surface area contributed by atoms with E-state index in [0.717, 1.165) is 14.2 Å². The van der Waals surface area contributed by atoms with Crippen LogP contribution in [0.1, 0.15) is 78.4 Å². The van der Waals surface area contributed by atoms with Gasteiger partial charge in [-0.15, -0.1) is 5.35 Å². The molecule has 0 saturated heterocycles. The Kier molecular flexibility index (Phi) is 12.0. The van der Waals surface area contributed by atoms with Crippen molar-refractivity contribution in [3.05, 3.63) is 142 Å². The number of allylic oxidation sites excluding steroid dienone is 2. The summed E-state index contributed by atoms with van der Waals surface area (Å²) in [7, 11) is 2.23. The van der Waals surface area contributed by atoms with Gasteiger partial charge in [-0.05, 0) is 38.7 Å². The third-order valence-electron chi connectivity index (χ3n) is 9.58. The summed E-state index contributed by atoms with van der Waals surface area (Å²) in [6, 6.07) is -0.760. The van der Waals surface area contributed by atoms with E-state index >= 15 is 0 Å². The predicted molar refractivity (Wildman–Crippen MR) is 186 cm³/mol. The first kappa shape index (κ1) is 40.4. The number of nitro groups is 3. The second kappa shape index (κ2) is 15.7. The van der Waals surface area contributed by atoms with E-state index in [1.54, 1.807) is 0 Å². The molecule has 0 aromatic carbocycles. The average molecular weight is 823 g/mol. The maximum absolute atomic E-state index is 13.1. The molecule has 0 amide bonds. The molecule has 1 aromatic heterocycles. The second-order valence-corrected chi connectivity index (χ2v) is 12.1. The molecule has 0 unspecified atom stereocenters. The smallest absolute Gasteiger partial charge is 0.592 e. The first-order valence-electron chi connectivity index (χ1n) is 16.6. The molecule has 0 aliphatic carbocycles. The number of fused-ring (bicyclic) bond motifs is 8. The Hall–Kier alpha value is -5.39. The normalized spacial score (nSPS) is 21.5. The third-order valence-corrected chi connectivity index (χ3v) is 9.58. The summed E-state index contributed by atoms with van der Waals surface area (Å²) in [5, 5.41) is 53.4. The molecular formula is C35H36AgN7O10. The van der Waals surface area contributed by atoms with Crippen molar-refractivity contribution in [2.24, 2.45) is 0 Å². The summed E-state index contributed by atoms with van der Waals surface area (Å²) < 4.78 is 9.75. The van der Waals surface area contributed by atoms with E-state index in [2.05, 4.69) is 10.6 Å². The van der Waals surface area contributed by atoms with Crippen molar-refractivity contribution in [3.8, 4) is 0 Å². The first-order valence-corrected chi connectivity index (χ1v) is 16.6. The Labute approximate surface area is 320 Å². The van der Waals surface area contributed by atoms with E-state index in [4.69, 9.17) is 19.8 Å². The van der Waals surface area contributed by atoms with Crippen molar-refractivity contribution in [3.63, 3.8) is 0 Å². The van der Waals surface area contributed by atoms with Crippen LogP contribution in [0.3, 0.4) is 0 Å². The van der Waals surface area contributed by atoms with E-state index in [1.807, 2.05) is 27.7 Å². The topological polar surface area (TPSA) is 238 Å². The van der Waals surface area contributed by atoms with Crippen LogP contribution in [0.4, 0.5) is 0 Å². The molecule has 0 N–H and O–H groups in total. The van der Waals surface area contributed by atoms with Crippen molar-refractivity contribution < 1.29 is 56.2 Å². The fourth-order valence-electron chi connectivity index (χ4n) is 7.11. The number of methoxy groups -OCH3 is 2. The number of ether oxygens (including phenoxy) is 2. The van der Waals surface area contributed by atoms with Gasteiger partial charge >= 0.3 is 51.4 Å². The minimum absolute atomic E-state index is 0. The van der Waals surface area contributed by atoms with Gasteiger partial charge in [0.2, 0.25) is 0 Å². The van der Waals surface area contributed by atoms with E-state index in [0.29, 0.717) is 59.0 Å². The maximum atomic E-state index is 13.1. The third kappa shape index (κ3) is 6.59. The molecule has 0 atom stereocenters. The molecule has 53 heavy (non-hydrogen) atoms. The molecule has 282 valence electrons. The summed E-state index contributed by atoms with van der Waals surface area (Å²) in [6.07, 6.45) is 0.212. The number of hydrogen-bond donors (Lipinski definition) is 0. The van der Waals surface area contributed by atoms with Gasteiger partial charge in [-0.2, -0.15) is 0 Å². The largest absolute Gasteiger partial charge is 1.00 e.